The van der Waals surface area contributed by atoms with Gasteiger partial charge in [-0.2, -0.15) is 4.98 Å². The first-order valence-electron chi connectivity index (χ1n) is 15.5. The summed E-state index contributed by atoms with van der Waals surface area (Å²) in [5.41, 5.74) is 2.74. The molecule has 2 saturated carbocycles. The van der Waals surface area contributed by atoms with Gasteiger partial charge in [-0.1, -0.05) is 12.8 Å². The summed E-state index contributed by atoms with van der Waals surface area (Å²) >= 11 is 0. The van der Waals surface area contributed by atoms with Crippen molar-refractivity contribution in [1.29, 1.82) is 0 Å². The number of amides is 2. The number of allylic oxidation sites excluding steroid dienone is 1. The summed E-state index contributed by atoms with van der Waals surface area (Å²) in [5, 5.41) is 10.4. The highest BCUT2D eigenvalue weighted by Gasteiger charge is 2.30. The van der Waals surface area contributed by atoms with E-state index in [0.29, 0.717) is 28.8 Å². The van der Waals surface area contributed by atoms with Gasteiger partial charge in [0, 0.05) is 55.4 Å². The fraction of sp³-hybridized carbons (Fsp3) is 0.353. The zero-order valence-corrected chi connectivity index (χ0v) is 26.2. The number of pyridine rings is 1. The second-order valence-corrected chi connectivity index (χ2v) is 12.0. The number of ether oxygens (including phenoxy) is 1. The van der Waals surface area contributed by atoms with Crippen molar-refractivity contribution < 1.29 is 19.1 Å². The van der Waals surface area contributed by atoms with Crippen LogP contribution in [0.1, 0.15) is 65.4 Å². The Morgan fingerprint density at radius 2 is 1.72 bits per heavy atom. The number of carbonyl (C=O) groups is 3. The minimum Gasteiger partial charge on any atom is -0.497 e. The average molecular weight is 623 g/mol. The van der Waals surface area contributed by atoms with Crippen molar-refractivity contribution in [2.45, 2.75) is 56.7 Å². The Hall–Kier alpha value is -5.26. The highest BCUT2D eigenvalue weighted by atomic mass is 16.5. The van der Waals surface area contributed by atoms with Crippen molar-refractivity contribution in [2.24, 2.45) is 0 Å². The lowest BCUT2D eigenvalue weighted by molar-refractivity contribution is -0.117. The lowest BCUT2D eigenvalue weighted by Gasteiger charge is -2.36. The van der Waals surface area contributed by atoms with E-state index in [-0.39, 0.29) is 35.7 Å². The normalized spacial score (nSPS) is 17.9. The molecule has 3 N–H and O–H groups in total. The number of hydrogen-bond donors (Lipinski definition) is 3. The Labute approximate surface area is 267 Å². The van der Waals surface area contributed by atoms with E-state index in [2.05, 4.69) is 30.5 Å². The van der Waals surface area contributed by atoms with Crippen LogP contribution in [0.25, 0.3) is 11.0 Å². The van der Waals surface area contributed by atoms with Gasteiger partial charge < -0.3 is 30.2 Å². The van der Waals surface area contributed by atoms with Gasteiger partial charge in [0.05, 0.1) is 19.0 Å². The number of nitrogens with one attached hydrogen (secondary N) is 3. The quantitative estimate of drug-likeness (QED) is 0.157. The maximum Gasteiger partial charge on any atom is 0.270 e. The molecule has 6 rings (SSSR count). The first-order chi connectivity index (χ1) is 22.3. The number of ketones is 1. The number of benzene rings is 1. The molecule has 12 nitrogen and oxygen atoms in total. The number of nitrogens with zero attached hydrogens (tertiary/aromatic N) is 5. The molecule has 3 aromatic heterocycles. The van der Waals surface area contributed by atoms with Crippen molar-refractivity contribution in [3.8, 4) is 5.75 Å². The molecule has 0 aliphatic heterocycles. The second kappa shape index (κ2) is 13.4. The van der Waals surface area contributed by atoms with Crippen LogP contribution < -0.4 is 20.7 Å². The van der Waals surface area contributed by atoms with Crippen LogP contribution in [-0.2, 0) is 4.79 Å². The van der Waals surface area contributed by atoms with Crippen molar-refractivity contribution in [3.05, 3.63) is 78.3 Å². The molecule has 1 aromatic carbocycles. The van der Waals surface area contributed by atoms with E-state index < -0.39 is 0 Å². The Morgan fingerprint density at radius 3 is 2.39 bits per heavy atom. The van der Waals surface area contributed by atoms with Crippen molar-refractivity contribution in [3.63, 3.8) is 0 Å². The van der Waals surface area contributed by atoms with Gasteiger partial charge in [0.2, 0.25) is 11.9 Å². The highest BCUT2D eigenvalue weighted by molar-refractivity contribution is 6.07. The summed E-state index contributed by atoms with van der Waals surface area (Å²) in [6.45, 7) is 0. The molecule has 2 aliphatic rings. The molecule has 2 fully saturated rings. The molecule has 2 aliphatic carbocycles. The summed E-state index contributed by atoms with van der Waals surface area (Å²) in [6.07, 6.45) is 11.9. The Kier molecular flexibility index (Phi) is 8.95. The summed E-state index contributed by atoms with van der Waals surface area (Å²) in [7, 11) is 5.09. The van der Waals surface area contributed by atoms with Crippen LogP contribution in [0, 0.1) is 0 Å². The van der Waals surface area contributed by atoms with Gasteiger partial charge in [-0.05, 0) is 74.2 Å². The zero-order chi connectivity index (χ0) is 32.2. The molecule has 2 amide bonds. The van der Waals surface area contributed by atoms with Crippen LogP contribution >= 0.6 is 0 Å². The van der Waals surface area contributed by atoms with Crippen LogP contribution in [0.5, 0.6) is 5.75 Å². The first kappa shape index (κ1) is 30.8. The lowest BCUT2D eigenvalue weighted by atomic mass is 9.86. The number of anilines is 3. The Bertz CT molecular complexity index is 1750. The van der Waals surface area contributed by atoms with E-state index in [0.717, 1.165) is 55.2 Å². The third-order valence-corrected chi connectivity index (χ3v) is 8.51. The van der Waals surface area contributed by atoms with Crippen LogP contribution in [0.2, 0.25) is 0 Å². The Morgan fingerprint density at radius 1 is 0.957 bits per heavy atom. The number of rotatable bonds is 11. The van der Waals surface area contributed by atoms with Gasteiger partial charge >= 0.3 is 0 Å². The molecule has 0 saturated heterocycles. The molecule has 12 heteroatoms. The van der Waals surface area contributed by atoms with Crippen molar-refractivity contribution in [1.82, 2.24) is 29.7 Å². The maximum atomic E-state index is 13.0. The second-order valence-electron chi connectivity index (χ2n) is 12.0. The van der Waals surface area contributed by atoms with Gasteiger partial charge in [-0.15, -0.1) is 0 Å². The average Bonchev–Trinajstić information content (AvgIpc) is 3.71. The zero-order valence-electron chi connectivity index (χ0n) is 26.2. The van der Waals surface area contributed by atoms with E-state index in [9.17, 15) is 14.4 Å². The number of hydrogen-bond acceptors (Lipinski definition) is 9. The summed E-state index contributed by atoms with van der Waals surface area (Å²) in [5.74, 6) is 1.10. The van der Waals surface area contributed by atoms with Gasteiger partial charge in [0.15, 0.2) is 5.78 Å². The van der Waals surface area contributed by atoms with E-state index >= 15 is 0 Å². The predicted octanol–water partition coefficient (Wildman–Crippen LogP) is 4.89. The van der Waals surface area contributed by atoms with Crippen LogP contribution in [-0.4, -0.2) is 75.3 Å². The minimum atomic E-state index is -0.293. The third kappa shape index (κ3) is 6.85. The van der Waals surface area contributed by atoms with E-state index in [1.807, 2.05) is 18.2 Å². The van der Waals surface area contributed by atoms with Crippen LogP contribution in [0.4, 0.5) is 17.5 Å². The molecule has 4 aromatic rings. The number of carbonyl (C=O) groups excluding carboxylic acids is 3. The maximum absolute atomic E-state index is 13.0. The molecule has 3 heterocycles. The van der Waals surface area contributed by atoms with Gasteiger partial charge in [0.25, 0.3) is 5.91 Å². The fourth-order valence-corrected chi connectivity index (χ4v) is 6.00. The molecule has 0 bridgehead atoms. The van der Waals surface area contributed by atoms with Gasteiger partial charge in [-0.25, -0.2) is 9.97 Å². The lowest BCUT2D eigenvalue weighted by Crippen LogP contribution is -2.49. The van der Waals surface area contributed by atoms with E-state index in [1.165, 1.54) is 12.2 Å². The summed E-state index contributed by atoms with van der Waals surface area (Å²) in [6, 6.07) is 12.9. The third-order valence-electron chi connectivity index (χ3n) is 8.51. The first-order valence-corrected chi connectivity index (χ1v) is 15.5. The predicted molar refractivity (Wildman–Crippen MR) is 176 cm³/mol. The topological polar surface area (TPSA) is 143 Å². The Balaban J connectivity index is 1.01. The van der Waals surface area contributed by atoms with Crippen LogP contribution in [0.15, 0.2) is 67.0 Å². The number of methoxy groups -OCH3 is 1. The molecule has 46 heavy (non-hydrogen) atoms. The van der Waals surface area contributed by atoms with E-state index in [4.69, 9.17) is 9.72 Å². The monoisotopic (exact) mass is 622 g/mol. The smallest absolute Gasteiger partial charge is 0.270 e. The SMILES string of the molecule is COc1ccc(C(=O)/C=C/C(=O)N[C@H]2C[C@H](Nc3ccc(Nc4ncc5cc(C(=O)N(C)C)n(C6CCCC6)c5n4)nc3)C2)cc1. The molecular formula is C34H38N8O4. The number of fused-ring (bicyclic) bond motifs is 1. The fourth-order valence-electron chi connectivity index (χ4n) is 6.00. The molecular weight excluding hydrogens is 584 g/mol. The van der Waals surface area contributed by atoms with Crippen LogP contribution in [0.3, 0.4) is 0 Å². The standard InChI is InChI=1S/C34H38N8O4/c1-41(2)33(45)28-16-22-19-36-34(40-32(22)42(28)26-6-4-5-7-26)39-30-14-10-23(20-35-30)37-24-17-25(18-24)38-31(44)15-13-29(43)21-8-11-27(46-3)12-9-21/h8-16,19-20,24-26,37H,4-7,17-18H2,1-3H3,(H,38,44)(H,35,36,39,40)/b15-13+/t24-,25-. The number of aromatic nitrogens is 4. The van der Waals surface area contributed by atoms with Gasteiger partial charge in [0.1, 0.15) is 22.9 Å². The van der Waals surface area contributed by atoms with Crippen molar-refractivity contribution >= 4 is 46.1 Å². The minimum absolute atomic E-state index is 0.0309. The molecule has 0 radical (unpaired) electrons. The molecule has 0 atom stereocenters. The summed E-state index contributed by atoms with van der Waals surface area (Å²) in [4.78, 5) is 53.0. The van der Waals surface area contributed by atoms with E-state index in [1.54, 1.807) is 62.8 Å². The largest absolute Gasteiger partial charge is 0.497 e. The van der Waals surface area contributed by atoms with Crippen molar-refractivity contribution in [2.75, 3.05) is 31.8 Å². The van der Waals surface area contributed by atoms with Gasteiger partial charge in [-0.3, -0.25) is 14.4 Å². The molecule has 0 unspecified atom stereocenters. The highest BCUT2D eigenvalue weighted by Crippen LogP contribution is 2.35. The summed E-state index contributed by atoms with van der Waals surface area (Å²) < 4.78 is 7.19. The molecule has 0 spiro atoms. The molecule has 238 valence electrons.